The van der Waals surface area contributed by atoms with Crippen LogP contribution in [0.2, 0.25) is 0 Å². The molecule has 120 valence electrons. The summed E-state index contributed by atoms with van der Waals surface area (Å²) in [6.45, 7) is 2.28. The van der Waals surface area contributed by atoms with Crippen molar-refractivity contribution in [2.75, 3.05) is 7.11 Å². The fraction of sp³-hybridized carbons (Fsp3) is 0.235. The van der Waals surface area contributed by atoms with E-state index in [4.69, 9.17) is 14.7 Å². The van der Waals surface area contributed by atoms with Crippen molar-refractivity contribution in [3.05, 3.63) is 58.7 Å². The molecule has 0 aliphatic rings. The topological polar surface area (TPSA) is 42.2 Å². The minimum atomic E-state index is -4.61. The fourth-order valence-electron chi connectivity index (χ4n) is 2.08. The van der Waals surface area contributed by atoms with Gasteiger partial charge in [0.15, 0.2) is 0 Å². The van der Waals surface area contributed by atoms with E-state index >= 15 is 0 Å². The van der Waals surface area contributed by atoms with Crippen molar-refractivity contribution in [3.63, 3.8) is 0 Å². The van der Waals surface area contributed by atoms with Crippen LogP contribution in [0.4, 0.5) is 13.2 Å². The maximum Gasteiger partial charge on any atom is 0.417 e. The Hall–Kier alpha value is -2.52. The second-order valence-corrected chi connectivity index (χ2v) is 4.94. The van der Waals surface area contributed by atoms with E-state index in [0.717, 1.165) is 23.3 Å². The summed E-state index contributed by atoms with van der Waals surface area (Å²) in [6, 6.07) is 9.98. The molecule has 0 unspecified atom stereocenters. The van der Waals surface area contributed by atoms with Crippen LogP contribution in [-0.4, -0.2) is 7.11 Å². The maximum atomic E-state index is 12.9. The molecule has 0 bridgehead atoms. The smallest absolute Gasteiger partial charge is 0.417 e. The molecule has 0 aliphatic carbocycles. The van der Waals surface area contributed by atoms with Gasteiger partial charge in [-0.3, -0.25) is 0 Å². The van der Waals surface area contributed by atoms with Crippen molar-refractivity contribution in [2.24, 2.45) is 0 Å². The first kappa shape index (κ1) is 16.8. The minimum absolute atomic E-state index is 0.0172. The molecule has 0 heterocycles. The summed E-state index contributed by atoms with van der Waals surface area (Å²) in [5.41, 5.74) is 0.431. The van der Waals surface area contributed by atoms with Gasteiger partial charge < -0.3 is 9.47 Å². The molecule has 0 saturated carbocycles. The molecule has 0 radical (unpaired) electrons. The van der Waals surface area contributed by atoms with Gasteiger partial charge >= 0.3 is 6.18 Å². The lowest BCUT2D eigenvalue weighted by atomic mass is 10.1. The monoisotopic (exact) mass is 321 g/mol. The first-order chi connectivity index (χ1) is 10.8. The highest BCUT2D eigenvalue weighted by Crippen LogP contribution is 2.35. The standard InChI is InChI=1S/C17H14F3NO2/c1-11-3-5-14(7-13(11)10-22-2)23-15-6-4-12(9-21)16(8-15)17(18,19)20/h3-8H,10H2,1-2H3. The second-order valence-electron chi connectivity index (χ2n) is 4.94. The third kappa shape index (κ3) is 4.02. The Morgan fingerprint density at radius 2 is 1.74 bits per heavy atom. The Morgan fingerprint density at radius 3 is 2.35 bits per heavy atom. The largest absolute Gasteiger partial charge is 0.457 e. The van der Waals surface area contributed by atoms with Crippen LogP contribution in [0.15, 0.2) is 36.4 Å². The van der Waals surface area contributed by atoms with Gasteiger partial charge in [0.1, 0.15) is 11.5 Å². The molecule has 0 amide bonds. The molecule has 0 aliphatic heterocycles. The molecule has 0 atom stereocenters. The van der Waals surface area contributed by atoms with E-state index in [1.165, 1.54) is 12.1 Å². The molecule has 0 fully saturated rings. The Bertz CT molecular complexity index is 748. The predicted octanol–water partition coefficient (Wildman–Crippen LogP) is 4.82. The number of methoxy groups -OCH3 is 1. The molecule has 0 saturated heterocycles. The number of hydrogen-bond acceptors (Lipinski definition) is 3. The first-order valence-corrected chi connectivity index (χ1v) is 6.73. The lowest BCUT2D eigenvalue weighted by molar-refractivity contribution is -0.137. The van der Waals surface area contributed by atoms with E-state index in [-0.39, 0.29) is 5.75 Å². The van der Waals surface area contributed by atoms with Gasteiger partial charge in [0, 0.05) is 7.11 Å². The van der Waals surface area contributed by atoms with Crippen LogP contribution in [0.25, 0.3) is 0 Å². The zero-order valence-electron chi connectivity index (χ0n) is 12.6. The van der Waals surface area contributed by atoms with Crippen molar-refractivity contribution >= 4 is 0 Å². The van der Waals surface area contributed by atoms with Crippen LogP contribution < -0.4 is 4.74 Å². The summed E-state index contributed by atoms with van der Waals surface area (Å²) >= 11 is 0. The van der Waals surface area contributed by atoms with Crippen LogP contribution in [-0.2, 0) is 17.5 Å². The molecule has 2 aromatic rings. The molecule has 0 aromatic heterocycles. The van der Waals surface area contributed by atoms with E-state index < -0.39 is 17.3 Å². The zero-order valence-corrected chi connectivity index (χ0v) is 12.6. The van der Waals surface area contributed by atoms with Crippen LogP contribution in [0.1, 0.15) is 22.3 Å². The van der Waals surface area contributed by atoms with Crippen LogP contribution >= 0.6 is 0 Å². The Kier molecular flexibility index (Phi) is 4.92. The van der Waals surface area contributed by atoms with Crippen molar-refractivity contribution < 1.29 is 22.6 Å². The SMILES string of the molecule is COCc1cc(Oc2ccc(C#N)c(C(F)(F)F)c2)ccc1C. The predicted molar refractivity (Wildman–Crippen MR) is 78.1 cm³/mol. The number of ether oxygens (including phenoxy) is 2. The normalized spacial score (nSPS) is 11.1. The third-order valence-electron chi connectivity index (χ3n) is 3.27. The van der Waals surface area contributed by atoms with E-state index in [2.05, 4.69) is 0 Å². The number of hydrogen-bond donors (Lipinski definition) is 0. The summed E-state index contributed by atoms with van der Waals surface area (Å²) in [7, 11) is 1.56. The highest BCUT2D eigenvalue weighted by atomic mass is 19.4. The summed E-state index contributed by atoms with van der Waals surface area (Å²) in [4.78, 5) is 0. The molecule has 2 aromatic carbocycles. The third-order valence-corrected chi connectivity index (χ3v) is 3.27. The molecule has 0 spiro atoms. The summed E-state index contributed by atoms with van der Waals surface area (Å²) < 4.78 is 49.4. The number of benzene rings is 2. The highest BCUT2D eigenvalue weighted by Gasteiger charge is 2.34. The highest BCUT2D eigenvalue weighted by molar-refractivity contribution is 5.46. The Morgan fingerprint density at radius 1 is 1.09 bits per heavy atom. The summed E-state index contributed by atoms with van der Waals surface area (Å²) in [5.74, 6) is 0.420. The van der Waals surface area contributed by atoms with E-state index in [9.17, 15) is 13.2 Å². The summed E-state index contributed by atoms with van der Waals surface area (Å²) in [6.07, 6.45) is -4.61. The molecule has 6 heteroatoms. The average molecular weight is 321 g/mol. The quantitative estimate of drug-likeness (QED) is 0.810. The van der Waals surface area contributed by atoms with Gasteiger partial charge in [-0.15, -0.1) is 0 Å². The van der Waals surface area contributed by atoms with Crippen molar-refractivity contribution in [2.45, 2.75) is 19.7 Å². The van der Waals surface area contributed by atoms with Crippen molar-refractivity contribution in [1.82, 2.24) is 0 Å². The van der Waals surface area contributed by atoms with Crippen molar-refractivity contribution in [3.8, 4) is 17.6 Å². The number of alkyl halides is 3. The van der Waals surface area contributed by atoms with E-state index in [0.29, 0.717) is 12.4 Å². The van der Waals surface area contributed by atoms with Crippen LogP contribution in [0, 0.1) is 18.3 Å². The number of aryl methyl sites for hydroxylation is 1. The van der Waals surface area contributed by atoms with Gasteiger partial charge in [0.2, 0.25) is 0 Å². The molecule has 23 heavy (non-hydrogen) atoms. The second kappa shape index (κ2) is 6.71. The van der Waals surface area contributed by atoms with E-state index in [1.807, 2.05) is 6.92 Å². The zero-order chi connectivity index (χ0) is 17.0. The number of halogens is 3. The molecule has 2 rings (SSSR count). The number of nitrogens with zero attached hydrogens (tertiary/aromatic N) is 1. The lowest BCUT2D eigenvalue weighted by Crippen LogP contribution is -2.07. The van der Waals surface area contributed by atoms with Gasteiger partial charge in [0.25, 0.3) is 0 Å². The molecule has 3 nitrogen and oxygen atoms in total. The molecular weight excluding hydrogens is 307 g/mol. The van der Waals surface area contributed by atoms with E-state index in [1.54, 1.807) is 25.3 Å². The van der Waals surface area contributed by atoms with Gasteiger partial charge in [-0.25, -0.2) is 0 Å². The van der Waals surface area contributed by atoms with Crippen LogP contribution in [0.3, 0.4) is 0 Å². The first-order valence-electron chi connectivity index (χ1n) is 6.73. The molecular formula is C17H14F3NO2. The van der Waals surface area contributed by atoms with Gasteiger partial charge in [-0.1, -0.05) is 6.07 Å². The average Bonchev–Trinajstić information content (AvgIpc) is 2.50. The number of nitriles is 1. The Balaban J connectivity index is 2.34. The Labute approximate surface area is 131 Å². The van der Waals surface area contributed by atoms with Gasteiger partial charge in [-0.2, -0.15) is 18.4 Å². The minimum Gasteiger partial charge on any atom is -0.457 e. The van der Waals surface area contributed by atoms with Gasteiger partial charge in [-0.05, 0) is 48.4 Å². The molecule has 0 N–H and O–H groups in total. The fourth-order valence-corrected chi connectivity index (χ4v) is 2.08. The van der Waals surface area contributed by atoms with Gasteiger partial charge in [0.05, 0.1) is 23.8 Å². The maximum absolute atomic E-state index is 12.9. The van der Waals surface area contributed by atoms with Crippen LogP contribution in [0.5, 0.6) is 11.5 Å². The summed E-state index contributed by atoms with van der Waals surface area (Å²) in [5, 5.41) is 8.78. The number of rotatable bonds is 4. The lowest BCUT2D eigenvalue weighted by Gasteiger charge is -2.13. The van der Waals surface area contributed by atoms with Crippen molar-refractivity contribution in [1.29, 1.82) is 5.26 Å².